The Bertz CT molecular complexity index is 734. The lowest BCUT2D eigenvalue weighted by molar-refractivity contribution is -0.123. The molecular weight excluding hydrogens is 316 g/mol. The number of hydrogen-bond acceptors (Lipinski definition) is 3. The van der Waals surface area contributed by atoms with Crippen LogP contribution in [0.15, 0.2) is 36.4 Å². The van der Waals surface area contributed by atoms with Gasteiger partial charge < -0.3 is 4.90 Å². The zero-order chi connectivity index (χ0) is 17.7. The highest BCUT2D eigenvalue weighted by atomic mass is 16.2. The Kier molecular flexibility index (Phi) is 3.74. The van der Waals surface area contributed by atoms with Crippen LogP contribution in [0.4, 0.5) is 5.69 Å². The van der Waals surface area contributed by atoms with E-state index < -0.39 is 0 Å². The van der Waals surface area contributed by atoms with Crippen molar-refractivity contribution in [2.45, 2.75) is 20.3 Å². The van der Waals surface area contributed by atoms with E-state index in [1.54, 1.807) is 29.2 Å². The second kappa shape index (κ2) is 5.83. The van der Waals surface area contributed by atoms with Crippen LogP contribution < -0.4 is 4.90 Å². The summed E-state index contributed by atoms with van der Waals surface area (Å²) in [6, 6.07) is 6.83. The number of amides is 3. The molecule has 0 unspecified atom stereocenters. The Morgan fingerprint density at radius 2 is 1.52 bits per heavy atom. The Hall–Kier alpha value is -2.43. The van der Waals surface area contributed by atoms with Crippen molar-refractivity contribution in [1.82, 2.24) is 4.90 Å². The van der Waals surface area contributed by atoms with Crippen LogP contribution in [-0.2, 0) is 9.59 Å². The summed E-state index contributed by atoms with van der Waals surface area (Å²) >= 11 is 0. The summed E-state index contributed by atoms with van der Waals surface area (Å²) in [5.74, 6) is -0.182. The third kappa shape index (κ3) is 2.25. The minimum absolute atomic E-state index is 0.0326. The lowest BCUT2D eigenvalue weighted by Gasteiger charge is -2.20. The van der Waals surface area contributed by atoms with Gasteiger partial charge in [0.15, 0.2) is 0 Å². The van der Waals surface area contributed by atoms with Gasteiger partial charge in [-0.1, -0.05) is 12.2 Å². The van der Waals surface area contributed by atoms with Crippen LogP contribution in [0, 0.1) is 23.7 Å². The molecule has 0 N–H and O–H groups in total. The molecule has 4 rings (SSSR count). The zero-order valence-corrected chi connectivity index (χ0v) is 14.5. The van der Waals surface area contributed by atoms with Crippen LogP contribution in [0.2, 0.25) is 0 Å². The molecule has 5 heteroatoms. The number of rotatable bonds is 4. The molecule has 1 aromatic carbocycles. The van der Waals surface area contributed by atoms with Gasteiger partial charge in [-0.05, 0) is 56.4 Å². The molecular formula is C20H22N2O3. The highest BCUT2D eigenvalue weighted by Gasteiger charge is 2.59. The Morgan fingerprint density at radius 3 is 2.00 bits per heavy atom. The fraction of sp³-hybridized carbons (Fsp3) is 0.450. The molecule has 2 bridgehead atoms. The summed E-state index contributed by atoms with van der Waals surface area (Å²) < 4.78 is 0. The van der Waals surface area contributed by atoms with Gasteiger partial charge in [0, 0.05) is 18.7 Å². The van der Waals surface area contributed by atoms with Gasteiger partial charge in [-0.3, -0.25) is 19.3 Å². The first-order valence-electron chi connectivity index (χ1n) is 9.02. The molecule has 2 aliphatic carbocycles. The summed E-state index contributed by atoms with van der Waals surface area (Å²) in [6.45, 7) is 5.19. The fourth-order valence-corrected chi connectivity index (χ4v) is 4.60. The third-order valence-electron chi connectivity index (χ3n) is 5.89. The van der Waals surface area contributed by atoms with Gasteiger partial charge in [-0.25, -0.2) is 0 Å². The van der Waals surface area contributed by atoms with Crippen molar-refractivity contribution in [3.05, 3.63) is 42.0 Å². The summed E-state index contributed by atoms with van der Waals surface area (Å²) in [5, 5.41) is 0. The van der Waals surface area contributed by atoms with Gasteiger partial charge in [0.2, 0.25) is 11.8 Å². The van der Waals surface area contributed by atoms with Crippen molar-refractivity contribution in [2.24, 2.45) is 23.7 Å². The molecule has 1 heterocycles. The van der Waals surface area contributed by atoms with E-state index in [2.05, 4.69) is 12.2 Å². The van der Waals surface area contributed by atoms with Crippen LogP contribution in [0.25, 0.3) is 0 Å². The maximum atomic E-state index is 12.8. The highest BCUT2D eigenvalue weighted by Crippen LogP contribution is 2.53. The topological polar surface area (TPSA) is 57.7 Å². The second-order valence-corrected chi connectivity index (χ2v) is 7.04. The van der Waals surface area contributed by atoms with Gasteiger partial charge in [0.05, 0.1) is 17.5 Å². The average molecular weight is 338 g/mol. The number of allylic oxidation sites excluding steroid dienone is 2. The van der Waals surface area contributed by atoms with Crippen LogP contribution in [0.1, 0.15) is 30.6 Å². The summed E-state index contributed by atoms with van der Waals surface area (Å²) in [4.78, 5) is 41.1. The number of carbonyl (C=O) groups excluding carboxylic acids is 3. The third-order valence-corrected chi connectivity index (χ3v) is 5.89. The number of hydrogen-bond donors (Lipinski definition) is 0. The molecule has 0 radical (unpaired) electrons. The number of benzene rings is 1. The first-order valence-corrected chi connectivity index (χ1v) is 9.02. The lowest BCUT2D eigenvalue weighted by atomic mass is 9.85. The zero-order valence-electron chi connectivity index (χ0n) is 14.5. The largest absolute Gasteiger partial charge is 0.339 e. The molecule has 4 atom stereocenters. The number of anilines is 1. The maximum absolute atomic E-state index is 12.8. The fourth-order valence-electron chi connectivity index (χ4n) is 4.60. The van der Waals surface area contributed by atoms with Crippen molar-refractivity contribution in [1.29, 1.82) is 0 Å². The molecule has 2 fully saturated rings. The number of fused-ring (bicyclic) bond motifs is 5. The maximum Gasteiger partial charge on any atom is 0.253 e. The van der Waals surface area contributed by atoms with Gasteiger partial charge in [0.25, 0.3) is 5.91 Å². The van der Waals surface area contributed by atoms with Gasteiger partial charge in [-0.15, -0.1) is 0 Å². The molecule has 3 amide bonds. The number of imide groups is 1. The Balaban J connectivity index is 1.58. The summed E-state index contributed by atoms with van der Waals surface area (Å²) in [5.41, 5.74) is 1.15. The van der Waals surface area contributed by atoms with E-state index in [0.717, 1.165) is 6.42 Å². The van der Waals surface area contributed by atoms with Crippen molar-refractivity contribution in [3.8, 4) is 0 Å². The molecule has 1 saturated heterocycles. The van der Waals surface area contributed by atoms with Gasteiger partial charge >= 0.3 is 0 Å². The standard InChI is InChI=1S/C20H22N2O3/c1-3-21(4-2)18(23)12-7-9-15(10-8-12)22-19(24)16-13-5-6-14(11-13)17(16)20(22)25/h5-10,13-14,16-17H,3-4,11H2,1-2H3/t13-,14-,16+,17+/m0/s1. The van der Waals surface area contributed by atoms with Crippen molar-refractivity contribution in [2.75, 3.05) is 18.0 Å². The average Bonchev–Trinajstić information content (AvgIpc) is 3.30. The van der Waals surface area contributed by atoms with Crippen molar-refractivity contribution < 1.29 is 14.4 Å². The van der Waals surface area contributed by atoms with Crippen molar-refractivity contribution in [3.63, 3.8) is 0 Å². The summed E-state index contributed by atoms with van der Waals surface area (Å²) in [6.07, 6.45) is 5.11. The molecule has 3 aliphatic rings. The number of nitrogens with zero attached hydrogens (tertiary/aromatic N) is 2. The first-order chi connectivity index (χ1) is 12.1. The normalized spacial score (nSPS) is 29.4. The first kappa shape index (κ1) is 16.1. The summed E-state index contributed by atoms with van der Waals surface area (Å²) in [7, 11) is 0. The van der Waals surface area contributed by atoms with Crippen LogP contribution in [0.3, 0.4) is 0 Å². The molecule has 25 heavy (non-hydrogen) atoms. The van der Waals surface area contributed by atoms with Crippen LogP contribution >= 0.6 is 0 Å². The SMILES string of the molecule is CCN(CC)C(=O)c1ccc(N2C(=O)[C@H]3[C@H](C2=O)[C@H]2C=C[C@H]3C2)cc1. The monoisotopic (exact) mass is 338 g/mol. The molecule has 5 nitrogen and oxygen atoms in total. The quantitative estimate of drug-likeness (QED) is 0.626. The van der Waals surface area contributed by atoms with E-state index in [-0.39, 0.29) is 41.4 Å². The minimum Gasteiger partial charge on any atom is -0.339 e. The van der Waals surface area contributed by atoms with Crippen LogP contribution in [0.5, 0.6) is 0 Å². The van der Waals surface area contributed by atoms with Gasteiger partial charge in [-0.2, -0.15) is 0 Å². The van der Waals surface area contributed by atoms with E-state index in [0.29, 0.717) is 24.3 Å². The van der Waals surface area contributed by atoms with Gasteiger partial charge in [0.1, 0.15) is 0 Å². The molecule has 0 spiro atoms. The predicted octanol–water partition coefficient (Wildman–Crippen LogP) is 2.48. The molecule has 1 aromatic rings. The Morgan fingerprint density at radius 1 is 1.00 bits per heavy atom. The highest BCUT2D eigenvalue weighted by molar-refractivity contribution is 6.22. The van der Waals surface area contributed by atoms with E-state index in [1.807, 2.05) is 13.8 Å². The van der Waals surface area contributed by atoms with E-state index in [9.17, 15) is 14.4 Å². The van der Waals surface area contributed by atoms with E-state index in [4.69, 9.17) is 0 Å². The Labute approximate surface area is 147 Å². The minimum atomic E-state index is -0.195. The predicted molar refractivity (Wildman–Crippen MR) is 93.9 cm³/mol. The van der Waals surface area contributed by atoms with Crippen LogP contribution in [-0.4, -0.2) is 35.7 Å². The van der Waals surface area contributed by atoms with Crippen molar-refractivity contribution >= 4 is 23.4 Å². The molecule has 130 valence electrons. The smallest absolute Gasteiger partial charge is 0.253 e. The lowest BCUT2D eigenvalue weighted by Crippen LogP contribution is -2.33. The van der Waals surface area contributed by atoms with E-state index >= 15 is 0 Å². The van der Waals surface area contributed by atoms with E-state index in [1.165, 1.54) is 4.90 Å². The molecule has 0 aromatic heterocycles. The molecule has 1 aliphatic heterocycles. The second-order valence-electron chi connectivity index (χ2n) is 7.04. The number of carbonyl (C=O) groups is 3. The molecule has 1 saturated carbocycles.